The largest absolute Gasteiger partial charge is 0.316 e. The first-order chi connectivity index (χ1) is 6.74. The van der Waals surface area contributed by atoms with E-state index in [1.54, 1.807) is 0 Å². The molecule has 1 atom stereocenters. The fourth-order valence-corrected chi connectivity index (χ4v) is 1.92. The normalized spacial score (nSPS) is 15.3. The first kappa shape index (κ1) is 14.8. The lowest BCUT2D eigenvalue weighted by atomic mass is 9.64. The minimum atomic E-state index is -0.283. The van der Waals surface area contributed by atoms with Crippen LogP contribution >= 0.6 is 0 Å². The van der Waals surface area contributed by atoms with Gasteiger partial charge in [0.25, 0.3) is 0 Å². The number of hydrogen-bond donors (Lipinski definition) is 0. The van der Waals surface area contributed by atoms with Crippen LogP contribution in [0.4, 0.5) is 0 Å². The van der Waals surface area contributed by atoms with Crippen LogP contribution < -0.4 is 0 Å². The van der Waals surface area contributed by atoms with Crippen LogP contribution in [0.25, 0.3) is 0 Å². The van der Waals surface area contributed by atoms with Gasteiger partial charge in [0.05, 0.1) is 0 Å². The van der Waals surface area contributed by atoms with Crippen LogP contribution in [0, 0.1) is 10.8 Å². The van der Waals surface area contributed by atoms with Crippen LogP contribution in [0.1, 0.15) is 34.6 Å². The summed E-state index contributed by atoms with van der Waals surface area (Å²) >= 11 is 0. The Labute approximate surface area is 96.6 Å². The monoisotopic (exact) mass is 209 g/mol. The summed E-state index contributed by atoms with van der Waals surface area (Å²) in [6, 6.07) is 0.410. The Kier molecular flexibility index (Phi) is 5.12. The van der Waals surface area contributed by atoms with Crippen LogP contribution in [-0.4, -0.2) is 45.8 Å². The van der Waals surface area contributed by atoms with E-state index in [2.05, 4.69) is 41.4 Å². The maximum Gasteiger partial charge on any atom is 0.126 e. The summed E-state index contributed by atoms with van der Waals surface area (Å²) in [7, 11) is 4.34. The Bertz CT molecular complexity index is 213. The second-order valence-electron chi connectivity index (χ2n) is 5.46. The quantitative estimate of drug-likeness (QED) is 0.457. The summed E-state index contributed by atoms with van der Waals surface area (Å²) in [5.74, 6) is 0. The van der Waals surface area contributed by atoms with Gasteiger partial charge in [-0.15, -0.1) is 0 Å². The van der Waals surface area contributed by atoms with Gasteiger partial charge < -0.3 is 9.69 Å². The average molecular weight is 209 g/mol. The van der Waals surface area contributed by atoms with Crippen molar-refractivity contribution in [3.8, 4) is 0 Å². The molecule has 4 heteroatoms. The second kappa shape index (κ2) is 5.20. The minimum absolute atomic E-state index is 0.0131. The molecule has 0 rings (SSSR count). The summed E-state index contributed by atoms with van der Waals surface area (Å²) in [5.41, 5.74) is -0.296. The first-order valence-corrected chi connectivity index (χ1v) is 5.95. The van der Waals surface area contributed by atoms with Crippen LogP contribution in [-0.2, 0) is 4.79 Å². The molecule has 15 heavy (non-hydrogen) atoms. The van der Waals surface area contributed by atoms with Crippen LogP contribution in [0.2, 0.25) is 0 Å². The van der Waals surface area contributed by atoms with Gasteiger partial charge in [0.15, 0.2) is 0 Å². The Morgan fingerprint density at radius 3 is 1.87 bits per heavy atom. The SMILES string of the molecule is BCN(CB)C(C)C(C)(C)C(C)(C)C=O. The standard InChI is InChI=1S/C11H25B2NO/c1-9(14(7-12)8-13)11(4,5)10(2,3)6-15/h6,9H,7-8,12-13H2,1-5H3. The molecule has 2 nitrogen and oxygen atoms in total. The molecule has 0 aromatic heterocycles. The third-order valence-corrected chi connectivity index (χ3v) is 4.36. The van der Waals surface area contributed by atoms with Gasteiger partial charge in [0, 0.05) is 11.5 Å². The third-order valence-electron chi connectivity index (χ3n) is 4.36. The first-order valence-electron chi connectivity index (χ1n) is 5.95. The van der Waals surface area contributed by atoms with E-state index in [0.717, 1.165) is 19.2 Å². The Hall–Kier alpha value is -0.240. The molecule has 0 spiro atoms. The molecule has 0 fully saturated rings. The molecule has 0 bridgehead atoms. The van der Waals surface area contributed by atoms with Crippen molar-refractivity contribution in [2.75, 3.05) is 12.9 Å². The maximum atomic E-state index is 11.2. The van der Waals surface area contributed by atoms with Gasteiger partial charge in [-0.2, -0.15) is 0 Å². The number of rotatable bonds is 6. The maximum absolute atomic E-state index is 11.2. The van der Waals surface area contributed by atoms with Gasteiger partial charge in [-0.1, -0.05) is 27.7 Å². The molecule has 0 N–H and O–H groups in total. The molecule has 0 radical (unpaired) electrons. The van der Waals surface area contributed by atoms with Crippen molar-refractivity contribution in [3.63, 3.8) is 0 Å². The van der Waals surface area contributed by atoms with Gasteiger partial charge in [0.1, 0.15) is 22.0 Å². The van der Waals surface area contributed by atoms with Gasteiger partial charge >= 0.3 is 0 Å². The number of aldehydes is 1. The molecular formula is C11H25B2NO. The molecule has 0 aliphatic rings. The molecule has 0 amide bonds. The Morgan fingerprint density at radius 1 is 1.20 bits per heavy atom. The Balaban J connectivity index is 4.93. The Morgan fingerprint density at radius 2 is 1.60 bits per heavy atom. The highest BCUT2D eigenvalue weighted by Gasteiger charge is 2.42. The van der Waals surface area contributed by atoms with Gasteiger partial charge in [0.2, 0.25) is 0 Å². The molecular weight excluding hydrogens is 184 g/mol. The number of nitrogens with zero attached hydrogens (tertiary/aromatic N) is 1. The van der Waals surface area contributed by atoms with E-state index < -0.39 is 0 Å². The van der Waals surface area contributed by atoms with Crippen molar-refractivity contribution in [2.24, 2.45) is 10.8 Å². The van der Waals surface area contributed by atoms with Crippen molar-refractivity contribution < 1.29 is 4.79 Å². The van der Waals surface area contributed by atoms with E-state index in [-0.39, 0.29) is 10.8 Å². The van der Waals surface area contributed by atoms with Crippen LogP contribution in [0.15, 0.2) is 0 Å². The molecule has 0 saturated carbocycles. The average Bonchev–Trinajstić information content (AvgIpc) is 2.19. The number of hydrogen-bond acceptors (Lipinski definition) is 2. The van der Waals surface area contributed by atoms with Gasteiger partial charge in [-0.25, -0.2) is 0 Å². The van der Waals surface area contributed by atoms with E-state index in [0.29, 0.717) is 6.04 Å². The van der Waals surface area contributed by atoms with E-state index >= 15 is 0 Å². The smallest absolute Gasteiger partial charge is 0.126 e. The lowest BCUT2D eigenvalue weighted by Gasteiger charge is -2.47. The summed E-state index contributed by atoms with van der Waals surface area (Å²) < 4.78 is 0. The van der Waals surface area contributed by atoms with Gasteiger partial charge in [-0.05, 0) is 25.2 Å². The fourth-order valence-electron chi connectivity index (χ4n) is 1.92. The summed E-state index contributed by atoms with van der Waals surface area (Å²) in [6.07, 6.45) is 3.17. The molecule has 0 heterocycles. The summed E-state index contributed by atoms with van der Waals surface area (Å²) in [4.78, 5) is 13.6. The van der Waals surface area contributed by atoms with Crippen molar-refractivity contribution in [1.82, 2.24) is 4.90 Å². The highest BCUT2D eigenvalue weighted by Crippen LogP contribution is 2.41. The van der Waals surface area contributed by atoms with Crippen molar-refractivity contribution >= 4 is 22.0 Å². The lowest BCUT2D eigenvalue weighted by molar-refractivity contribution is -0.122. The fraction of sp³-hybridized carbons (Fsp3) is 0.909. The van der Waals surface area contributed by atoms with E-state index in [1.165, 1.54) is 0 Å². The summed E-state index contributed by atoms with van der Waals surface area (Å²) in [6.45, 7) is 10.6. The zero-order valence-corrected chi connectivity index (χ0v) is 11.4. The topological polar surface area (TPSA) is 20.3 Å². The lowest BCUT2D eigenvalue weighted by Crippen LogP contribution is -2.51. The molecule has 0 aliphatic carbocycles. The van der Waals surface area contributed by atoms with E-state index in [1.807, 2.05) is 13.8 Å². The van der Waals surface area contributed by atoms with Crippen LogP contribution in [0.3, 0.4) is 0 Å². The predicted octanol–water partition coefficient (Wildman–Crippen LogP) is 0.109. The third kappa shape index (κ3) is 2.87. The molecule has 86 valence electrons. The highest BCUT2D eigenvalue weighted by atomic mass is 16.1. The van der Waals surface area contributed by atoms with Crippen molar-refractivity contribution in [1.29, 1.82) is 0 Å². The molecule has 0 saturated heterocycles. The highest BCUT2D eigenvalue weighted by molar-refractivity contribution is 6.11. The van der Waals surface area contributed by atoms with Crippen molar-refractivity contribution in [3.05, 3.63) is 0 Å². The van der Waals surface area contributed by atoms with E-state index in [4.69, 9.17) is 0 Å². The second-order valence-corrected chi connectivity index (χ2v) is 5.46. The van der Waals surface area contributed by atoms with E-state index in [9.17, 15) is 4.79 Å². The molecule has 0 aliphatic heterocycles. The predicted molar refractivity (Wildman–Crippen MR) is 71.7 cm³/mol. The number of carbonyl (C=O) groups is 1. The summed E-state index contributed by atoms with van der Waals surface area (Å²) in [5, 5.41) is 0. The molecule has 1 unspecified atom stereocenters. The van der Waals surface area contributed by atoms with Gasteiger partial charge in [-0.3, -0.25) is 0 Å². The zero-order chi connectivity index (χ0) is 12.3. The molecule has 0 aromatic rings. The minimum Gasteiger partial charge on any atom is -0.316 e. The van der Waals surface area contributed by atoms with Crippen LogP contribution in [0.5, 0.6) is 0 Å². The van der Waals surface area contributed by atoms with Crippen molar-refractivity contribution in [2.45, 2.75) is 40.7 Å². The zero-order valence-electron chi connectivity index (χ0n) is 11.4. The number of carbonyl (C=O) groups excluding carboxylic acids is 1. The molecule has 0 aromatic carbocycles.